The molecule has 1 aliphatic rings. The maximum Gasteiger partial charge on any atom is 0.138 e. The van der Waals surface area contributed by atoms with Crippen LogP contribution in [0, 0.1) is 11.8 Å². The second-order valence-electron chi connectivity index (χ2n) is 6.46. The summed E-state index contributed by atoms with van der Waals surface area (Å²) in [5.41, 5.74) is 0. The Balaban J connectivity index is 1.84. The Morgan fingerprint density at radius 1 is 1.24 bits per heavy atom. The van der Waals surface area contributed by atoms with E-state index < -0.39 is 0 Å². The minimum Gasteiger partial charge on any atom is -0.370 e. The van der Waals surface area contributed by atoms with E-state index in [4.69, 9.17) is 9.97 Å². The van der Waals surface area contributed by atoms with Gasteiger partial charge in [-0.2, -0.15) is 0 Å². The van der Waals surface area contributed by atoms with E-state index in [2.05, 4.69) is 37.5 Å². The number of nitrogens with one attached hydrogen (secondary N) is 1. The zero-order valence-electron chi connectivity index (χ0n) is 13.2. The van der Waals surface area contributed by atoms with Gasteiger partial charge in [-0.15, -0.1) is 11.3 Å². The lowest BCUT2D eigenvalue weighted by atomic mass is 9.77. The molecule has 0 aromatic carbocycles. The van der Waals surface area contributed by atoms with E-state index in [1.807, 2.05) is 0 Å². The first-order chi connectivity index (χ1) is 10.2. The van der Waals surface area contributed by atoms with Crippen LogP contribution in [0.4, 0.5) is 5.82 Å². The van der Waals surface area contributed by atoms with Gasteiger partial charge in [0, 0.05) is 12.5 Å². The van der Waals surface area contributed by atoms with Gasteiger partial charge >= 0.3 is 0 Å². The number of hydrogen-bond acceptors (Lipinski definition) is 4. The first-order valence-corrected chi connectivity index (χ1v) is 9.06. The Labute approximate surface area is 131 Å². The van der Waals surface area contributed by atoms with Crippen molar-refractivity contribution >= 4 is 27.4 Å². The number of hydrogen-bond donors (Lipinski definition) is 1. The van der Waals surface area contributed by atoms with E-state index in [0.29, 0.717) is 5.92 Å². The van der Waals surface area contributed by atoms with Crippen molar-refractivity contribution in [1.82, 2.24) is 9.97 Å². The molecule has 0 aliphatic heterocycles. The van der Waals surface area contributed by atoms with Crippen molar-refractivity contribution in [3.63, 3.8) is 0 Å². The van der Waals surface area contributed by atoms with Crippen molar-refractivity contribution < 1.29 is 0 Å². The van der Waals surface area contributed by atoms with Crippen molar-refractivity contribution in [1.29, 1.82) is 0 Å². The number of aromatic nitrogens is 2. The first kappa shape index (κ1) is 14.8. The summed E-state index contributed by atoms with van der Waals surface area (Å²) in [5.74, 6) is 4.32. The molecule has 4 heteroatoms. The van der Waals surface area contributed by atoms with Crippen molar-refractivity contribution in [2.24, 2.45) is 11.8 Å². The van der Waals surface area contributed by atoms with Gasteiger partial charge in [-0.3, -0.25) is 0 Å². The predicted octanol–water partition coefficient (Wildman–Crippen LogP) is 5.05. The zero-order chi connectivity index (χ0) is 14.8. The highest BCUT2D eigenvalue weighted by Crippen LogP contribution is 2.38. The van der Waals surface area contributed by atoms with E-state index in [1.54, 1.807) is 11.3 Å². The molecule has 0 amide bonds. The minimum absolute atomic E-state index is 0.545. The molecule has 1 saturated carbocycles. The molecule has 0 saturated heterocycles. The molecule has 21 heavy (non-hydrogen) atoms. The number of rotatable bonds is 4. The normalized spacial score (nSPS) is 22.9. The Bertz CT molecular complexity index is 597. The summed E-state index contributed by atoms with van der Waals surface area (Å²) in [4.78, 5) is 10.8. The molecular weight excluding hydrogens is 278 g/mol. The fourth-order valence-corrected chi connectivity index (χ4v) is 4.17. The van der Waals surface area contributed by atoms with E-state index >= 15 is 0 Å². The molecule has 3 nitrogen and oxygen atoms in total. The van der Waals surface area contributed by atoms with Crippen LogP contribution in [0.2, 0.25) is 0 Å². The van der Waals surface area contributed by atoms with Gasteiger partial charge in [-0.25, -0.2) is 9.97 Å². The maximum atomic E-state index is 4.84. The molecule has 2 aromatic rings. The fraction of sp³-hybridized carbons (Fsp3) is 0.647. The van der Waals surface area contributed by atoms with Crippen molar-refractivity contribution in [3.05, 3.63) is 17.3 Å². The molecule has 114 valence electrons. The van der Waals surface area contributed by atoms with Crippen LogP contribution in [0.1, 0.15) is 58.2 Å². The smallest absolute Gasteiger partial charge is 0.138 e. The number of fused-ring (bicyclic) bond motifs is 1. The average molecular weight is 303 g/mol. The summed E-state index contributed by atoms with van der Waals surface area (Å²) in [5, 5.41) is 6.68. The van der Waals surface area contributed by atoms with Crippen LogP contribution in [0.15, 0.2) is 11.4 Å². The van der Waals surface area contributed by atoms with Crippen LogP contribution in [0.3, 0.4) is 0 Å². The van der Waals surface area contributed by atoms with Crippen LogP contribution >= 0.6 is 11.3 Å². The number of nitrogens with zero attached hydrogens (tertiary/aromatic N) is 2. The summed E-state index contributed by atoms with van der Waals surface area (Å²) in [6.07, 6.45) is 5.13. The van der Waals surface area contributed by atoms with Crippen LogP contribution in [0.25, 0.3) is 10.2 Å². The number of thiophene rings is 1. The van der Waals surface area contributed by atoms with Gasteiger partial charge in [0.2, 0.25) is 0 Å². The van der Waals surface area contributed by atoms with Gasteiger partial charge in [0.25, 0.3) is 0 Å². The molecule has 1 N–H and O–H groups in total. The molecule has 1 fully saturated rings. The molecular formula is C17H25N3S. The molecule has 0 spiro atoms. The minimum atomic E-state index is 0.545. The van der Waals surface area contributed by atoms with Crippen LogP contribution in [0.5, 0.6) is 0 Å². The molecule has 0 bridgehead atoms. The average Bonchev–Trinajstić information content (AvgIpc) is 2.96. The molecule has 2 heterocycles. The maximum absolute atomic E-state index is 4.84. The lowest BCUT2D eigenvalue weighted by Crippen LogP contribution is -2.19. The summed E-state index contributed by atoms with van der Waals surface area (Å²) in [6.45, 7) is 7.72. The van der Waals surface area contributed by atoms with Gasteiger partial charge in [0.1, 0.15) is 16.5 Å². The highest BCUT2D eigenvalue weighted by molar-refractivity contribution is 7.16. The summed E-state index contributed by atoms with van der Waals surface area (Å²) < 4.78 is 0. The van der Waals surface area contributed by atoms with Crippen molar-refractivity contribution in [2.75, 3.05) is 11.9 Å². The Morgan fingerprint density at radius 3 is 2.67 bits per heavy atom. The topological polar surface area (TPSA) is 37.8 Å². The van der Waals surface area contributed by atoms with Gasteiger partial charge in [-0.1, -0.05) is 13.8 Å². The van der Waals surface area contributed by atoms with E-state index in [0.717, 1.165) is 34.9 Å². The standard InChI is InChI=1S/C17H25N3S/c1-4-18-16-14-9-10-21-17(14)20-15(19-16)13-7-5-12(6-8-13)11(2)3/h9-13H,4-8H2,1-3H3,(H,18,19,20). The quantitative estimate of drug-likeness (QED) is 0.858. The van der Waals surface area contributed by atoms with Gasteiger partial charge < -0.3 is 5.32 Å². The Kier molecular flexibility index (Phi) is 4.43. The third-order valence-corrected chi connectivity index (χ3v) is 5.57. The summed E-state index contributed by atoms with van der Waals surface area (Å²) in [6, 6.07) is 2.12. The predicted molar refractivity (Wildman–Crippen MR) is 91.1 cm³/mol. The molecule has 0 atom stereocenters. The van der Waals surface area contributed by atoms with Crippen LogP contribution in [-0.2, 0) is 0 Å². The monoisotopic (exact) mass is 303 g/mol. The van der Waals surface area contributed by atoms with Gasteiger partial charge in [0.05, 0.1) is 5.39 Å². The third kappa shape index (κ3) is 3.05. The highest BCUT2D eigenvalue weighted by Gasteiger charge is 2.26. The van der Waals surface area contributed by atoms with Gasteiger partial charge in [0.15, 0.2) is 0 Å². The Hall–Kier alpha value is -1.16. The lowest BCUT2D eigenvalue weighted by molar-refractivity contribution is 0.255. The van der Waals surface area contributed by atoms with Crippen molar-refractivity contribution in [3.8, 4) is 0 Å². The third-order valence-electron chi connectivity index (χ3n) is 4.77. The highest BCUT2D eigenvalue weighted by atomic mass is 32.1. The number of anilines is 1. The van der Waals surface area contributed by atoms with E-state index in [1.165, 1.54) is 31.1 Å². The molecule has 2 aromatic heterocycles. The summed E-state index contributed by atoms with van der Waals surface area (Å²) >= 11 is 1.72. The zero-order valence-corrected chi connectivity index (χ0v) is 14.0. The first-order valence-electron chi connectivity index (χ1n) is 8.18. The SMILES string of the molecule is CCNc1nc(C2CCC(C(C)C)CC2)nc2sccc12. The van der Waals surface area contributed by atoms with Crippen molar-refractivity contribution in [2.45, 2.75) is 52.4 Å². The van der Waals surface area contributed by atoms with Crippen LogP contribution in [-0.4, -0.2) is 16.5 Å². The second-order valence-corrected chi connectivity index (χ2v) is 7.35. The Morgan fingerprint density at radius 2 is 2.00 bits per heavy atom. The van der Waals surface area contributed by atoms with E-state index in [-0.39, 0.29) is 0 Å². The van der Waals surface area contributed by atoms with Gasteiger partial charge in [-0.05, 0) is 55.9 Å². The largest absolute Gasteiger partial charge is 0.370 e. The summed E-state index contributed by atoms with van der Waals surface area (Å²) in [7, 11) is 0. The molecule has 3 rings (SSSR count). The second kappa shape index (κ2) is 6.30. The fourth-order valence-electron chi connectivity index (χ4n) is 3.40. The molecule has 0 radical (unpaired) electrons. The van der Waals surface area contributed by atoms with E-state index in [9.17, 15) is 0 Å². The molecule has 1 aliphatic carbocycles. The lowest BCUT2D eigenvalue weighted by Gasteiger charge is -2.30. The van der Waals surface area contributed by atoms with Crippen LogP contribution < -0.4 is 5.32 Å². The molecule has 0 unspecified atom stereocenters.